The van der Waals surface area contributed by atoms with Crippen LogP contribution in [-0.2, 0) is 9.59 Å². The SMILES string of the molecule is CNC1(CC(=O)NCC2CCC(=O)N2)CCCCC1. The van der Waals surface area contributed by atoms with E-state index in [0.717, 1.165) is 19.3 Å². The highest BCUT2D eigenvalue weighted by molar-refractivity contribution is 5.79. The number of hydrogen-bond donors (Lipinski definition) is 3. The maximum Gasteiger partial charge on any atom is 0.221 e. The first-order valence-electron chi connectivity index (χ1n) is 7.38. The number of nitrogens with one attached hydrogen (secondary N) is 3. The van der Waals surface area contributed by atoms with Gasteiger partial charge < -0.3 is 16.0 Å². The van der Waals surface area contributed by atoms with Gasteiger partial charge in [-0.2, -0.15) is 0 Å². The maximum absolute atomic E-state index is 12.0. The second kappa shape index (κ2) is 6.37. The van der Waals surface area contributed by atoms with Crippen molar-refractivity contribution in [3.63, 3.8) is 0 Å². The van der Waals surface area contributed by atoms with Crippen molar-refractivity contribution < 1.29 is 9.59 Å². The van der Waals surface area contributed by atoms with E-state index in [2.05, 4.69) is 16.0 Å². The molecule has 0 spiro atoms. The Morgan fingerprint density at radius 1 is 1.37 bits per heavy atom. The van der Waals surface area contributed by atoms with E-state index in [9.17, 15) is 9.59 Å². The Labute approximate surface area is 114 Å². The molecule has 1 saturated carbocycles. The molecule has 1 aliphatic carbocycles. The molecular weight excluding hydrogens is 242 g/mol. The molecule has 2 amide bonds. The molecule has 2 aliphatic rings. The smallest absolute Gasteiger partial charge is 0.221 e. The molecule has 1 unspecified atom stereocenters. The summed E-state index contributed by atoms with van der Waals surface area (Å²) in [4.78, 5) is 23.1. The van der Waals surface area contributed by atoms with E-state index < -0.39 is 0 Å². The first-order valence-corrected chi connectivity index (χ1v) is 7.38. The minimum atomic E-state index is -0.0126. The van der Waals surface area contributed by atoms with Crippen molar-refractivity contribution >= 4 is 11.8 Å². The summed E-state index contributed by atoms with van der Waals surface area (Å²) in [6.45, 7) is 0.560. The lowest BCUT2D eigenvalue weighted by Gasteiger charge is -2.36. The van der Waals surface area contributed by atoms with Crippen LogP contribution in [0.2, 0.25) is 0 Å². The van der Waals surface area contributed by atoms with Crippen molar-refractivity contribution in [2.75, 3.05) is 13.6 Å². The summed E-state index contributed by atoms with van der Waals surface area (Å²) in [5.41, 5.74) is -0.0126. The highest BCUT2D eigenvalue weighted by Crippen LogP contribution is 2.30. The molecule has 0 aromatic carbocycles. The van der Waals surface area contributed by atoms with Crippen LogP contribution in [0.3, 0.4) is 0 Å². The van der Waals surface area contributed by atoms with Gasteiger partial charge in [-0.3, -0.25) is 9.59 Å². The second-order valence-corrected chi connectivity index (χ2v) is 5.87. The summed E-state index contributed by atoms with van der Waals surface area (Å²) in [6, 6.07) is 0.119. The third-order valence-corrected chi connectivity index (χ3v) is 4.47. The Balaban J connectivity index is 1.75. The van der Waals surface area contributed by atoms with E-state index in [1.54, 1.807) is 0 Å². The van der Waals surface area contributed by atoms with Gasteiger partial charge in [0.05, 0.1) is 0 Å². The van der Waals surface area contributed by atoms with Crippen LogP contribution in [0.1, 0.15) is 51.4 Å². The van der Waals surface area contributed by atoms with Crippen molar-refractivity contribution in [3.8, 4) is 0 Å². The predicted octanol–water partition coefficient (Wildman–Crippen LogP) is 0.694. The molecule has 0 aromatic heterocycles. The summed E-state index contributed by atoms with van der Waals surface area (Å²) in [7, 11) is 1.95. The fraction of sp³-hybridized carbons (Fsp3) is 0.857. The van der Waals surface area contributed by atoms with E-state index in [4.69, 9.17) is 0 Å². The van der Waals surface area contributed by atoms with Gasteiger partial charge in [0.1, 0.15) is 0 Å². The fourth-order valence-corrected chi connectivity index (χ4v) is 3.18. The van der Waals surface area contributed by atoms with Crippen LogP contribution in [0.5, 0.6) is 0 Å². The minimum Gasteiger partial charge on any atom is -0.354 e. The molecular formula is C14H25N3O2. The lowest BCUT2D eigenvalue weighted by molar-refractivity contribution is -0.123. The molecule has 108 valence electrons. The van der Waals surface area contributed by atoms with Gasteiger partial charge in [0.25, 0.3) is 0 Å². The topological polar surface area (TPSA) is 70.2 Å². The van der Waals surface area contributed by atoms with Crippen molar-refractivity contribution in [1.82, 2.24) is 16.0 Å². The second-order valence-electron chi connectivity index (χ2n) is 5.87. The molecule has 3 N–H and O–H groups in total. The molecule has 5 nitrogen and oxygen atoms in total. The first-order chi connectivity index (χ1) is 9.13. The maximum atomic E-state index is 12.0. The molecule has 5 heteroatoms. The molecule has 19 heavy (non-hydrogen) atoms. The highest BCUT2D eigenvalue weighted by atomic mass is 16.2. The molecule has 1 heterocycles. The Morgan fingerprint density at radius 2 is 2.11 bits per heavy atom. The van der Waals surface area contributed by atoms with Gasteiger partial charge in [-0.1, -0.05) is 19.3 Å². The summed E-state index contributed by atoms with van der Waals surface area (Å²) >= 11 is 0. The van der Waals surface area contributed by atoms with E-state index >= 15 is 0 Å². The van der Waals surface area contributed by atoms with E-state index in [1.807, 2.05) is 7.05 Å². The molecule has 0 bridgehead atoms. The quantitative estimate of drug-likeness (QED) is 0.686. The van der Waals surface area contributed by atoms with Crippen LogP contribution in [0.15, 0.2) is 0 Å². The van der Waals surface area contributed by atoms with Crippen molar-refractivity contribution in [2.24, 2.45) is 0 Å². The van der Waals surface area contributed by atoms with Crippen LogP contribution < -0.4 is 16.0 Å². The van der Waals surface area contributed by atoms with E-state index in [1.165, 1.54) is 19.3 Å². The van der Waals surface area contributed by atoms with Gasteiger partial charge in [0, 0.05) is 31.0 Å². The number of carbonyl (C=O) groups excluding carboxylic acids is 2. The van der Waals surface area contributed by atoms with Crippen molar-refractivity contribution in [3.05, 3.63) is 0 Å². The molecule has 1 aliphatic heterocycles. The Bertz CT molecular complexity index is 338. The molecule has 2 rings (SSSR count). The standard InChI is InChI=1S/C14H25N3O2/c1-15-14(7-3-2-4-8-14)9-13(19)16-10-11-5-6-12(18)17-11/h11,15H,2-10H2,1H3,(H,16,19)(H,17,18). The van der Waals surface area contributed by atoms with Gasteiger partial charge in [0.2, 0.25) is 11.8 Å². The van der Waals surface area contributed by atoms with Crippen LogP contribution in [0.25, 0.3) is 0 Å². The molecule has 1 atom stereocenters. The summed E-state index contributed by atoms with van der Waals surface area (Å²) < 4.78 is 0. The lowest BCUT2D eigenvalue weighted by atomic mass is 9.79. The van der Waals surface area contributed by atoms with Gasteiger partial charge in [-0.05, 0) is 26.3 Å². The van der Waals surface area contributed by atoms with Crippen molar-refractivity contribution in [2.45, 2.75) is 62.9 Å². The minimum absolute atomic E-state index is 0.0126. The van der Waals surface area contributed by atoms with Crippen molar-refractivity contribution in [1.29, 1.82) is 0 Å². The molecule has 0 aromatic rings. The zero-order chi connectivity index (χ0) is 13.7. The largest absolute Gasteiger partial charge is 0.354 e. The fourth-order valence-electron chi connectivity index (χ4n) is 3.18. The van der Waals surface area contributed by atoms with Gasteiger partial charge >= 0.3 is 0 Å². The first kappa shape index (κ1) is 14.3. The van der Waals surface area contributed by atoms with Gasteiger partial charge in [-0.15, -0.1) is 0 Å². The number of amides is 2. The van der Waals surface area contributed by atoms with E-state index in [0.29, 0.717) is 19.4 Å². The zero-order valence-corrected chi connectivity index (χ0v) is 11.8. The van der Waals surface area contributed by atoms with E-state index in [-0.39, 0.29) is 23.4 Å². The Morgan fingerprint density at radius 3 is 2.68 bits per heavy atom. The van der Waals surface area contributed by atoms with Gasteiger partial charge in [0.15, 0.2) is 0 Å². The molecule has 2 fully saturated rings. The summed E-state index contributed by atoms with van der Waals surface area (Å²) in [5.74, 6) is 0.190. The molecule has 1 saturated heterocycles. The summed E-state index contributed by atoms with van der Waals surface area (Å²) in [5, 5.41) is 9.18. The molecule has 0 radical (unpaired) electrons. The Hall–Kier alpha value is -1.10. The summed E-state index contributed by atoms with van der Waals surface area (Å²) in [6.07, 6.45) is 7.80. The number of carbonyl (C=O) groups is 2. The zero-order valence-electron chi connectivity index (χ0n) is 11.8. The van der Waals surface area contributed by atoms with Crippen LogP contribution in [0, 0.1) is 0 Å². The average molecular weight is 267 g/mol. The normalized spacial score (nSPS) is 25.9. The average Bonchev–Trinajstić information content (AvgIpc) is 2.83. The van der Waals surface area contributed by atoms with Crippen LogP contribution in [0.4, 0.5) is 0 Å². The third-order valence-electron chi connectivity index (χ3n) is 4.47. The van der Waals surface area contributed by atoms with Gasteiger partial charge in [-0.25, -0.2) is 0 Å². The Kier molecular flexibility index (Phi) is 4.80. The van der Waals surface area contributed by atoms with Crippen LogP contribution in [-0.4, -0.2) is 37.0 Å². The lowest BCUT2D eigenvalue weighted by Crippen LogP contribution is -2.49. The predicted molar refractivity (Wildman–Crippen MR) is 73.7 cm³/mol. The number of hydrogen-bond acceptors (Lipinski definition) is 3. The van der Waals surface area contributed by atoms with Crippen LogP contribution >= 0.6 is 0 Å². The number of rotatable bonds is 5. The monoisotopic (exact) mass is 267 g/mol. The third kappa shape index (κ3) is 3.93. The highest BCUT2D eigenvalue weighted by Gasteiger charge is 2.32.